The van der Waals surface area contributed by atoms with Crippen LogP contribution < -0.4 is 16.2 Å². The molecule has 0 spiro atoms. The van der Waals surface area contributed by atoms with Crippen LogP contribution in [0.3, 0.4) is 0 Å². The fraction of sp³-hybridized carbons (Fsp3) is 0.0833. The Morgan fingerprint density at radius 1 is 0.735 bits per heavy atom. The third-order valence-corrected chi connectivity index (χ3v) is 4.72. The lowest BCUT2D eigenvalue weighted by Gasteiger charge is -2.11. The van der Waals surface area contributed by atoms with Gasteiger partial charge in [0.05, 0.1) is 17.1 Å². The zero-order valence-electron chi connectivity index (χ0n) is 18.6. The van der Waals surface area contributed by atoms with Gasteiger partial charge >= 0.3 is 0 Å². The molecule has 0 aliphatic rings. The summed E-state index contributed by atoms with van der Waals surface area (Å²) >= 11 is 0. The number of nitrogens with one attached hydrogen (secondary N) is 3. The largest absolute Gasteiger partial charge is 0.322 e. The van der Waals surface area contributed by atoms with Gasteiger partial charge in [0.1, 0.15) is 5.82 Å². The number of hydrazone groups is 2. The van der Waals surface area contributed by atoms with Gasteiger partial charge in [0.2, 0.25) is 5.95 Å². The SMILES string of the molecule is CC(=NNc1cc(NN=C(C)c2ccncc2)nc(Nc2ccccc2F)n1)c1ccncc1. The number of anilines is 4. The number of halogens is 1. The van der Waals surface area contributed by atoms with Crippen molar-refractivity contribution in [1.82, 2.24) is 19.9 Å². The Morgan fingerprint density at radius 3 is 1.74 bits per heavy atom. The Bertz CT molecular complexity index is 1230. The van der Waals surface area contributed by atoms with Gasteiger partial charge < -0.3 is 5.32 Å². The van der Waals surface area contributed by atoms with Crippen LogP contribution in [0, 0.1) is 5.82 Å². The highest BCUT2D eigenvalue weighted by Gasteiger charge is 2.08. The topological polar surface area (TPSA) is 112 Å². The maximum Gasteiger partial charge on any atom is 0.231 e. The highest BCUT2D eigenvalue weighted by atomic mass is 19.1. The average Bonchev–Trinajstić information content (AvgIpc) is 2.88. The van der Waals surface area contributed by atoms with Crippen LogP contribution in [-0.2, 0) is 0 Å². The first-order chi connectivity index (χ1) is 16.6. The Hall–Kier alpha value is -4.73. The molecule has 3 aromatic heterocycles. The molecule has 0 fully saturated rings. The summed E-state index contributed by atoms with van der Waals surface area (Å²) < 4.78 is 14.2. The Labute approximate surface area is 195 Å². The van der Waals surface area contributed by atoms with Gasteiger partial charge in [-0.1, -0.05) is 12.1 Å². The van der Waals surface area contributed by atoms with Crippen molar-refractivity contribution in [2.75, 3.05) is 16.2 Å². The fourth-order valence-corrected chi connectivity index (χ4v) is 2.90. The van der Waals surface area contributed by atoms with E-state index in [-0.39, 0.29) is 11.6 Å². The summed E-state index contributed by atoms with van der Waals surface area (Å²) in [7, 11) is 0. The molecule has 3 heterocycles. The van der Waals surface area contributed by atoms with Crippen molar-refractivity contribution in [2.24, 2.45) is 10.2 Å². The van der Waals surface area contributed by atoms with Crippen LogP contribution in [0.4, 0.5) is 27.7 Å². The predicted octanol–water partition coefficient (Wildman–Crippen LogP) is 4.82. The Kier molecular flexibility index (Phi) is 7.09. The summed E-state index contributed by atoms with van der Waals surface area (Å²) in [5, 5.41) is 11.7. The lowest BCUT2D eigenvalue weighted by atomic mass is 10.2. The van der Waals surface area contributed by atoms with Crippen molar-refractivity contribution in [1.29, 1.82) is 0 Å². The van der Waals surface area contributed by atoms with E-state index in [1.807, 2.05) is 38.1 Å². The number of aromatic nitrogens is 4. The number of nitrogens with zero attached hydrogens (tertiary/aromatic N) is 6. The van der Waals surface area contributed by atoms with E-state index in [4.69, 9.17) is 0 Å². The molecule has 0 amide bonds. The second-order valence-corrected chi connectivity index (χ2v) is 7.16. The van der Waals surface area contributed by atoms with Crippen LogP contribution in [0.2, 0.25) is 0 Å². The summed E-state index contributed by atoms with van der Waals surface area (Å²) in [6, 6.07) is 15.4. The minimum absolute atomic E-state index is 0.172. The average molecular weight is 456 g/mol. The number of hydrogen-bond donors (Lipinski definition) is 3. The van der Waals surface area contributed by atoms with Crippen LogP contribution >= 0.6 is 0 Å². The summed E-state index contributed by atoms with van der Waals surface area (Å²) in [6.07, 6.45) is 6.78. The van der Waals surface area contributed by atoms with Gasteiger partial charge in [-0.05, 0) is 50.2 Å². The molecule has 0 radical (unpaired) electrons. The summed E-state index contributed by atoms with van der Waals surface area (Å²) in [6.45, 7) is 3.73. The molecule has 4 aromatic rings. The van der Waals surface area contributed by atoms with E-state index in [0.29, 0.717) is 11.6 Å². The van der Waals surface area contributed by atoms with Crippen molar-refractivity contribution in [3.8, 4) is 0 Å². The minimum atomic E-state index is -0.419. The molecule has 34 heavy (non-hydrogen) atoms. The second-order valence-electron chi connectivity index (χ2n) is 7.16. The first-order valence-electron chi connectivity index (χ1n) is 10.4. The van der Waals surface area contributed by atoms with Crippen molar-refractivity contribution in [2.45, 2.75) is 13.8 Å². The second kappa shape index (κ2) is 10.7. The molecule has 0 bridgehead atoms. The molecule has 10 heteroatoms. The van der Waals surface area contributed by atoms with Gasteiger partial charge in [0.15, 0.2) is 11.6 Å². The molecule has 9 nitrogen and oxygen atoms in total. The van der Waals surface area contributed by atoms with Crippen molar-refractivity contribution in [3.05, 3.63) is 96.3 Å². The molecule has 0 aliphatic carbocycles. The minimum Gasteiger partial charge on any atom is -0.322 e. The van der Waals surface area contributed by atoms with Crippen molar-refractivity contribution in [3.63, 3.8) is 0 Å². The van der Waals surface area contributed by atoms with Crippen LogP contribution in [0.5, 0.6) is 0 Å². The van der Waals surface area contributed by atoms with E-state index in [1.54, 1.807) is 49.1 Å². The monoisotopic (exact) mass is 455 g/mol. The molecular weight excluding hydrogens is 433 g/mol. The Morgan fingerprint density at radius 2 is 1.24 bits per heavy atom. The van der Waals surface area contributed by atoms with Gasteiger partial charge in [0, 0.05) is 42.0 Å². The molecule has 0 saturated carbocycles. The zero-order chi connectivity index (χ0) is 23.8. The van der Waals surface area contributed by atoms with Gasteiger partial charge in [-0.3, -0.25) is 20.8 Å². The third kappa shape index (κ3) is 5.94. The number of hydrogen-bond acceptors (Lipinski definition) is 9. The summed E-state index contributed by atoms with van der Waals surface area (Å²) in [5.41, 5.74) is 9.42. The molecule has 4 rings (SSSR count). The smallest absolute Gasteiger partial charge is 0.231 e. The number of pyridine rings is 2. The molecule has 170 valence electrons. The molecule has 1 aromatic carbocycles. The molecule has 0 aliphatic heterocycles. The molecule has 0 saturated heterocycles. The zero-order valence-corrected chi connectivity index (χ0v) is 18.6. The van der Waals surface area contributed by atoms with E-state index < -0.39 is 5.82 Å². The highest BCUT2D eigenvalue weighted by molar-refractivity contribution is 5.99. The van der Waals surface area contributed by atoms with Crippen LogP contribution in [0.25, 0.3) is 0 Å². The van der Waals surface area contributed by atoms with E-state index >= 15 is 0 Å². The predicted molar refractivity (Wildman–Crippen MR) is 132 cm³/mol. The van der Waals surface area contributed by atoms with E-state index in [0.717, 1.165) is 22.6 Å². The number of rotatable bonds is 8. The van der Waals surface area contributed by atoms with Crippen molar-refractivity contribution >= 4 is 34.7 Å². The van der Waals surface area contributed by atoms with Gasteiger partial charge in [-0.15, -0.1) is 0 Å². The first-order valence-corrected chi connectivity index (χ1v) is 10.4. The van der Waals surface area contributed by atoms with Gasteiger partial charge in [-0.25, -0.2) is 4.39 Å². The lowest BCUT2D eigenvalue weighted by Crippen LogP contribution is -2.07. The van der Waals surface area contributed by atoms with Crippen molar-refractivity contribution < 1.29 is 4.39 Å². The van der Waals surface area contributed by atoms with Crippen LogP contribution in [-0.4, -0.2) is 31.4 Å². The van der Waals surface area contributed by atoms with E-state index in [2.05, 4.69) is 46.3 Å². The standard InChI is InChI=1S/C24H22FN9/c1-16(18-7-11-26-12-8-18)31-33-22-15-23(34-32-17(2)19-9-13-27-14-10-19)30-24(29-22)28-21-6-4-3-5-20(21)25/h3-15H,1-2H3,(H3,28,29,30,33,34). The quantitative estimate of drug-likeness (QED) is 0.258. The Balaban J connectivity index is 1.61. The van der Waals surface area contributed by atoms with E-state index in [9.17, 15) is 4.39 Å². The molecule has 0 unspecified atom stereocenters. The maximum absolute atomic E-state index is 14.2. The number of para-hydroxylation sites is 1. The normalized spacial score (nSPS) is 11.7. The summed E-state index contributed by atoms with van der Waals surface area (Å²) in [4.78, 5) is 16.8. The molecular formula is C24H22FN9. The van der Waals surface area contributed by atoms with Crippen LogP contribution in [0.1, 0.15) is 25.0 Å². The molecule has 0 atom stereocenters. The summed E-state index contributed by atoms with van der Waals surface area (Å²) in [5.74, 6) is 0.534. The number of benzene rings is 1. The fourth-order valence-electron chi connectivity index (χ4n) is 2.90. The third-order valence-electron chi connectivity index (χ3n) is 4.72. The first kappa shape index (κ1) is 22.5. The van der Waals surface area contributed by atoms with Gasteiger partial charge in [-0.2, -0.15) is 20.2 Å². The molecule has 3 N–H and O–H groups in total. The van der Waals surface area contributed by atoms with E-state index in [1.165, 1.54) is 6.07 Å². The highest BCUT2D eigenvalue weighted by Crippen LogP contribution is 2.21. The van der Waals surface area contributed by atoms with Gasteiger partial charge in [0.25, 0.3) is 0 Å². The maximum atomic E-state index is 14.2. The van der Waals surface area contributed by atoms with Crippen LogP contribution in [0.15, 0.2) is 89.6 Å². The lowest BCUT2D eigenvalue weighted by molar-refractivity contribution is 0.631.